The van der Waals surface area contributed by atoms with Gasteiger partial charge in [0.2, 0.25) is 5.91 Å². The number of aliphatic hydroxyl groups excluding tert-OH is 1. The van der Waals surface area contributed by atoms with E-state index in [0.717, 1.165) is 22.1 Å². The van der Waals surface area contributed by atoms with Gasteiger partial charge in [-0.1, -0.05) is 30.3 Å². The maximum absolute atomic E-state index is 13.2. The first-order valence-corrected chi connectivity index (χ1v) is 8.52. The Morgan fingerprint density at radius 3 is 2.70 bits per heavy atom. The molecular formula is C22H20FNO3. The van der Waals surface area contributed by atoms with Gasteiger partial charge in [0.1, 0.15) is 11.6 Å². The molecule has 0 bridgehead atoms. The topological polar surface area (TPSA) is 58.6 Å². The Balaban J connectivity index is 1.76. The van der Waals surface area contributed by atoms with Crippen LogP contribution in [0.3, 0.4) is 0 Å². The van der Waals surface area contributed by atoms with Crippen LogP contribution in [0.5, 0.6) is 5.75 Å². The number of nitrogens with one attached hydrogen (secondary N) is 1. The number of aliphatic hydroxyl groups is 1. The Kier molecular flexibility index (Phi) is 5.84. The van der Waals surface area contributed by atoms with Gasteiger partial charge in [-0.3, -0.25) is 4.79 Å². The maximum atomic E-state index is 13.2. The molecule has 1 atom stereocenters. The molecule has 0 radical (unpaired) electrons. The molecule has 0 aromatic heterocycles. The van der Waals surface area contributed by atoms with Crippen molar-refractivity contribution < 1.29 is 19.0 Å². The summed E-state index contributed by atoms with van der Waals surface area (Å²) in [5, 5.41) is 14.5. The summed E-state index contributed by atoms with van der Waals surface area (Å²) >= 11 is 0. The fourth-order valence-corrected chi connectivity index (χ4v) is 2.82. The molecule has 0 fully saturated rings. The monoisotopic (exact) mass is 365 g/mol. The largest absolute Gasteiger partial charge is 0.497 e. The van der Waals surface area contributed by atoms with Gasteiger partial charge in [-0.2, -0.15) is 0 Å². The first-order valence-electron chi connectivity index (χ1n) is 8.52. The highest BCUT2D eigenvalue weighted by atomic mass is 19.1. The van der Waals surface area contributed by atoms with E-state index >= 15 is 0 Å². The van der Waals surface area contributed by atoms with E-state index in [0.29, 0.717) is 5.56 Å². The highest BCUT2D eigenvalue weighted by Crippen LogP contribution is 2.24. The van der Waals surface area contributed by atoms with Crippen LogP contribution in [-0.2, 0) is 4.79 Å². The summed E-state index contributed by atoms with van der Waals surface area (Å²) in [5.41, 5.74) is 1.37. The van der Waals surface area contributed by atoms with Crippen LogP contribution < -0.4 is 10.1 Å². The number of halogens is 1. The van der Waals surface area contributed by atoms with Gasteiger partial charge in [0, 0.05) is 6.08 Å². The number of fused-ring (bicyclic) bond motifs is 1. The molecule has 0 heterocycles. The number of amides is 1. The van der Waals surface area contributed by atoms with Crippen LogP contribution in [0.2, 0.25) is 0 Å². The lowest BCUT2D eigenvalue weighted by molar-refractivity contribution is -0.117. The van der Waals surface area contributed by atoms with Crippen molar-refractivity contribution in [1.29, 1.82) is 0 Å². The Hall–Kier alpha value is -3.18. The summed E-state index contributed by atoms with van der Waals surface area (Å²) in [6.45, 7) is -0.241. The van der Waals surface area contributed by atoms with Crippen molar-refractivity contribution in [3.05, 3.63) is 83.7 Å². The minimum Gasteiger partial charge on any atom is -0.497 e. The minimum atomic E-state index is -0.551. The van der Waals surface area contributed by atoms with Crippen LogP contribution in [0.25, 0.3) is 16.8 Å². The number of methoxy groups -OCH3 is 1. The van der Waals surface area contributed by atoms with Crippen molar-refractivity contribution in [2.75, 3.05) is 13.7 Å². The van der Waals surface area contributed by atoms with Gasteiger partial charge in [-0.15, -0.1) is 0 Å². The van der Waals surface area contributed by atoms with E-state index in [2.05, 4.69) is 5.32 Å². The van der Waals surface area contributed by atoms with Gasteiger partial charge < -0.3 is 15.2 Å². The predicted molar refractivity (Wildman–Crippen MR) is 104 cm³/mol. The molecule has 3 aromatic rings. The summed E-state index contributed by atoms with van der Waals surface area (Å²) in [4.78, 5) is 12.2. The van der Waals surface area contributed by atoms with Gasteiger partial charge in [0.05, 0.1) is 19.8 Å². The molecule has 3 rings (SSSR count). The number of hydrogen-bond acceptors (Lipinski definition) is 3. The van der Waals surface area contributed by atoms with E-state index in [1.807, 2.05) is 36.4 Å². The second kappa shape index (κ2) is 8.47. The second-order valence-electron chi connectivity index (χ2n) is 6.10. The molecule has 0 saturated carbocycles. The molecule has 5 heteroatoms. The SMILES string of the molecule is COc1ccc2ccc([C@H](CO)NC(=O)C=Cc3cccc(F)c3)cc2c1. The van der Waals surface area contributed by atoms with Gasteiger partial charge in [0.25, 0.3) is 0 Å². The van der Waals surface area contributed by atoms with Crippen molar-refractivity contribution in [2.24, 2.45) is 0 Å². The fraction of sp³-hybridized carbons (Fsp3) is 0.136. The molecule has 0 aliphatic heterocycles. The summed E-state index contributed by atoms with van der Waals surface area (Å²) in [6, 6.07) is 16.8. The van der Waals surface area contributed by atoms with E-state index in [1.54, 1.807) is 19.2 Å². The fourth-order valence-electron chi connectivity index (χ4n) is 2.82. The third-order valence-corrected chi connectivity index (χ3v) is 4.25. The average molecular weight is 365 g/mol. The zero-order chi connectivity index (χ0) is 19.2. The number of ether oxygens (including phenoxy) is 1. The molecule has 0 aliphatic carbocycles. The molecule has 1 amide bonds. The second-order valence-corrected chi connectivity index (χ2v) is 6.10. The number of rotatable bonds is 6. The van der Waals surface area contributed by atoms with Gasteiger partial charge in [-0.05, 0) is 58.3 Å². The van der Waals surface area contributed by atoms with Crippen molar-refractivity contribution in [1.82, 2.24) is 5.32 Å². The van der Waals surface area contributed by atoms with Crippen LogP contribution >= 0.6 is 0 Å². The van der Waals surface area contributed by atoms with E-state index in [1.165, 1.54) is 24.3 Å². The van der Waals surface area contributed by atoms with E-state index in [-0.39, 0.29) is 18.3 Å². The Morgan fingerprint density at radius 2 is 1.96 bits per heavy atom. The summed E-state index contributed by atoms with van der Waals surface area (Å²) in [5.74, 6) is 0.00342. The number of carbonyl (C=O) groups is 1. The van der Waals surface area contributed by atoms with Crippen LogP contribution in [0, 0.1) is 5.82 Å². The lowest BCUT2D eigenvalue weighted by atomic mass is 10.0. The van der Waals surface area contributed by atoms with E-state index in [4.69, 9.17) is 4.74 Å². The van der Waals surface area contributed by atoms with Crippen molar-refractivity contribution in [3.63, 3.8) is 0 Å². The molecule has 0 spiro atoms. The number of carbonyl (C=O) groups excluding carboxylic acids is 1. The zero-order valence-electron chi connectivity index (χ0n) is 14.9. The Labute approximate surface area is 156 Å². The molecule has 0 saturated heterocycles. The summed E-state index contributed by atoms with van der Waals surface area (Å²) in [7, 11) is 1.60. The molecule has 4 nitrogen and oxygen atoms in total. The first-order chi connectivity index (χ1) is 13.1. The third-order valence-electron chi connectivity index (χ3n) is 4.25. The molecular weight excluding hydrogens is 345 g/mol. The van der Waals surface area contributed by atoms with Crippen molar-refractivity contribution in [3.8, 4) is 5.75 Å². The van der Waals surface area contributed by atoms with Gasteiger partial charge in [0.15, 0.2) is 0 Å². The molecule has 0 unspecified atom stereocenters. The number of hydrogen-bond donors (Lipinski definition) is 2. The van der Waals surface area contributed by atoms with Crippen LogP contribution in [0.1, 0.15) is 17.2 Å². The summed E-state index contributed by atoms with van der Waals surface area (Å²) < 4.78 is 18.4. The maximum Gasteiger partial charge on any atom is 0.244 e. The van der Waals surface area contributed by atoms with Crippen molar-refractivity contribution in [2.45, 2.75) is 6.04 Å². The van der Waals surface area contributed by atoms with Gasteiger partial charge >= 0.3 is 0 Å². The highest BCUT2D eigenvalue weighted by molar-refractivity contribution is 5.92. The lowest BCUT2D eigenvalue weighted by Gasteiger charge is -2.16. The van der Waals surface area contributed by atoms with E-state index < -0.39 is 6.04 Å². The van der Waals surface area contributed by atoms with Crippen LogP contribution in [-0.4, -0.2) is 24.7 Å². The third kappa shape index (κ3) is 4.71. The predicted octanol–water partition coefficient (Wildman–Crippen LogP) is 3.85. The van der Waals surface area contributed by atoms with Crippen molar-refractivity contribution >= 4 is 22.8 Å². The standard InChI is InChI=1S/C22H20FNO3/c1-27-20-9-8-16-6-7-17(12-18(16)13-20)21(14-25)24-22(26)10-5-15-3-2-4-19(23)11-15/h2-13,21,25H,14H2,1H3,(H,24,26)/t21-/m0/s1. The lowest BCUT2D eigenvalue weighted by Crippen LogP contribution is -2.29. The van der Waals surface area contributed by atoms with Crippen LogP contribution in [0.15, 0.2) is 66.7 Å². The molecule has 138 valence electrons. The highest BCUT2D eigenvalue weighted by Gasteiger charge is 2.13. The molecule has 3 aromatic carbocycles. The van der Waals surface area contributed by atoms with Crippen LogP contribution in [0.4, 0.5) is 4.39 Å². The van der Waals surface area contributed by atoms with E-state index in [9.17, 15) is 14.3 Å². The zero-order valence-corrected chi connectivity index (χ0v) is 14.9. The molecule has 0 aliphatic rings. The molecule has 2 N–H and O–H groups in total. The molecule has 27 heavy (non-hydrogen) atoms. The summed E-state index contributed by atoms with van der Waals surface area (Å²) in [6.07, 6.45) is 2.85. The Morgan fingerprint density at radius 1 is 1.15 bits per heavy atom. The quantitative estimate of drug-likeness (QED) is 0.653. The number of benzene rings is 3. The average Bonchev–Trinajstić information content (AvgIpc) is 2.69. The first kappa shape index (κ1) is 18.6. The minimum absolute atomic E-state index is 0.241. The normalized spacial score (nSPS) is 12.3. The van der Waals surface area contributed by atoms with Gasteiger partial charge in [-0.25, -0.2) is 4.39 Å². The Bertz CT molecular complexity index is 984. The smallest absolute Gasteiger partial charge is 0.244 e.